The summed E-state index contributed by atoms with van der Waals surface area (Å²) in [4.78, 5) is 1.02. The number of nitrogens with zero attached hydrogens (tertiary/aromatic N) is 1. The molecular weight excluding hydrogens is 313 g/mol. The summed E-state index contributed by atoms with van der Waals surface area (Å²) in [5.74, 6) is 1.47. The van der Waals surface area contributed by atoms with Crippen molar-refractivity contribution in [3.05, 3.63) is 57.6 Å². The number of halogens is 2. The first kappa shape index (κ1) is 15.1. The molecule has 20 heavy (non-hydrogen) atoms. The van der Waals surface area contributed by atoms with Gasteiger partial charge in [-0.3, -0.25) is 0 Å². The Morgan fingerprint density at radius 2 is 1.95 bits per heavy atom. The molecule has 2 rings (SSSR count). The summed E-state index contributed by atoms with van der Waals surface area (Å²) in [7, 11) is 1.62. The maximum absolute atomic E-state index is 8.95. The first-order valence-corrected chi connectivity index (χ1v) is 7.53. The summed E-state index contributed by atoms with van der Waals surface area (Å²) in [6.07, 6.45) is 0. The molecule has 0 unspecified atom stereocenters. The summed E-state index contributed by atoms with van der Waals surface area (Å²) in [5.41, 5.74) is 1.60. The Labute approximate surface area is 132 Å². The van der Waals surface area contributed by atoms with Crippen molar-refractivity contribution in [2.24, 2.45) is 0 Å². The number of ether oxygens (including phenoxy) is 1. The van der Waals surface area contributed by atoms with Crippen molar-refractivity contribution in [2.75, 3.05) is 7.11 Å². The van der Waals surface area contributed by atoms with Crippen LogP contribution in [-0.2, 0) is 5.75 Å². The molecule has 0 fully saturated rings. The normalized spacial score (nSPS) is 10.1. The number of hydrogen-bond donors (Lipinski definition) is 0. The van der Waals surface area contributed by atoms with E-state index in [0.29, 0.717) is 21.4 Å². The molecule has 102 valence electrons. The smallest absolute Gasteiger partial charge is 0.122 e. The average Bonchev–Trinajstić information content (AvgIpc) is 2.48. The molecule has 2 aromatic carbocycles. The SMILES string of the molecule is COc1ccc(C#N)cc1CSc1ccc(Cl)c(Cl)c1. The zero-order chi connectivity index (χ0) is 14.5. The molecule has 0 atom stereocenters. The molecule has 0 bridgehead atoms. The van der Waals surface area contributed by atoms with Crippen molar-refractivity contribution in [3.8, 4) is 11.8 Å². The first-order valence-electron chi connectivity index (χ1n) is 5.79. The van der Waals surface area contributed by atoms with E-state index < -0.39 is 0 Å². The van der Waals surface area contributed by atoms with Crippen molar-refractivity contribution in [3.63, 3.8) is 0 Å². The van der Waals surface area contributed by atoms with Crippen LogP contribution in [0.1, 0.15) is 11.1 Å². The van der Waals surface area contributed by atoms with E-state index in [1.165, 1.54) is 0 Å². The molecule has 0 radical (unpaired) electrons. The van der Waals surface area contributed by atoms with E-state index in [4.69, 9.17) is 33.2 Å². The molecule has 2 aromatic rings. The Hall–Kier alpha value is -1.34. The molecule has 0 aliphatic carbocycles. The minimum absolute atomic E-state index is 0.536. The van der Waals surface area contributed by atoms with Crippen LogP contribution in [0.4, 0.5) is 0 Å². The molecular formula is C15H11Cl2NOS. The summed E-state index contributed by atoms with van der Waals surface area (Å²) < 4.78 is 5.31. The minimum Gasteiger partial charge on any atom is -0.496 e. The van der Waals surface area contributed by atoms with E-state index in [1.54, 1.807) is 31.0 Å². The van der Waals surface area contributed by atoms with Crippen LogP contribution in [0.15, 0.2) is 41.3 Å². The van der Waals surface area contributed by atoms with E-state index in [2.05, 4.69) is 6.07 Å². The van der Waals surface area contributed by atoms with Gasteiger partial charge in [0.15, 0.2) is 0 Å². The predicted molar refractivity (Wildman–Crippen MR) is 83.7 cm³/mol. The maximum atomic E-state index is 8.95. The van der Waals surface area contributed by atoms with E-state index in [1.807, 2.05) is 24.3 Å². The molecule has 0 N–H and O–H groups in total. The molecule has 0 saturated carbocycles. The van der Waals surface area contributed by atoms with Crippen molar-refractivity contribution < 1.29 is 4.74 Å². The lowest BCUT2D eigenvalue weighted by molar-refractivity contribution is 0.411. The molecule has 2 nitrogen and oxygen atoms in total. The zero-order valence-electron chi connectivity index (χ0n) is 10.7. The molecule has 0 aromatic heterocycles. The van der Waals surface area contributed by atoms with Crippen LogP contribution >= 0.6 is 35.0 Å². The average molecular weight is 324 g/mol. The highest BCUT2D eigenvalue weighted by molar-refractivity contribution is 7.98. The first-order chi connectivity index (χ1) is 9.63. The maximum Gasteiger partial charge on any atom is 0.122 e. The van der Waals surface area contributed by atoms with Crippen molar-refractivity contribution in [2.45, 2.75) is 10.6 Å². The Morgan fingerprint density at radius 1 is 1.15 bits per heavy atom. The van der Waals surface area contributed by atoms with Gasteiger partial charge in [0.25, 0.3) is 0 Å². The van der Waals surface area contributed by atoms with E-state index in [0.717, 1.165) is 16.2 Å². The second-order valence-corrected chi connectivity index (χ2v) is 5.87. The van der Waals surface area contributed by atoms with Crippen molar-refractivity contribution >= 4 is 35.0 Å². The summed E-state index contributed by atoms with van der Waals surface area (Å²) >= 11 is 13.5. The Bertz CT molecular complexity index is 667. The summed E-state index contributed by atoms with van der Waals surface area (Å²) in [6, 6.07) is 13.0. The lowest BCUT2D eigenvalue weighted by Crippen LogP contribution is -1.91. The van der Waals surface area contributed by atoms with E-state index in [-0.39, 0.29) is 0 Å². The zero-order valence-corrected chi connectivity index (χ0v) is 13.0. The third-order valence-corrected chi connectivity index (χ3v) is 4.48. The Balaban J connectivity index is 2.17. The van der Waals surface area contributed by atoms with Gasteiger partial charge < -0.3 is 4.74 Å². The van der Waals surface area contributed by atoms with Gasteiger partial charge in [0.05, 0.1) is 28.8 Å². The number of methoxy groups -OCH3 is 1. The lowest BCUT2D eigenvalue weighted by atomic mass is 10.1. The van der Waals surface area contributed by atoms with E-state index >= 15 is 0 Å². The molecule has 0 aliphatic rings. The molecule has 0 spiro atoms. The summed E-state index contributed by atoms with van der Waals surface area (Å²) in [6.45, 7) is 0. The van der Waals surface area contributed by atoms with Gasteiger partial charge in [-0.15, -0.1) is 11.8 Å². The molecule has 5 heteroatoms. The number of benzene rings is 2. The second-order valence-electron chi connectivity index (χ2n) is 4.00. The van der Waals surface area contributed by atoms with Crippen molar-refractivity contribution in [1.29, 1.82) is 5.26 Å². The van der Waals surface area contributed by atoms with Gasteiger partial charge in [-0.25, -0.2) is 0 Å². The third-order valence-electron chi connectivity index (χ3n) is 2.69. The standard InChI is InChI=1S/C15H11Cl2NOS/c1-19-15-5-2-10(8-18)6-11(15)9-20-12-3-4-13(16)14(17)7-12/h2-7H,9H2,1H3. The largest absolute Gasteiger partial charge is 0.496 e. The van der Waals surface area contributed by atoms with Crippen LogP contribution in [0.5, 0.6) is 5.75 Å². The summed E-state index contributed by atoms with van der Waals surface area (Å²) in [5, 5.41) is 10.0. The van der Waals surface area contributed by atoms with Gasteiger partial charge in [0, 0.05) is 16.2 Å². The van der Waals surface area contributed by atoms with Crippen LogP contribution < -0.4 is 4.74 Å². The number of thioether (sulfide) groups is 1. The van der Waals surface area contributed by atoms with Crippen LogP contribution in [0.3, 0.4) is 0 Å². The minimum atomic E-state index is 0.536. The topological polar surface area (TPSA) is 33.0 Å². The van der Waals surface area contributed by atoms with Crippen LogP contribution in [0.25, 0.3) is 0 Å². The van der Waals surface area contributed by atoms with Gasteiger partial charge in [-0.2, -0.15) is 5.26 Å². The molecule has 0 saturated heterocycles. The highest BCUT2D eigenvalue weighted by Gasteiger charge is 2.06. The molecule has 0 heterocycles. The lowest BCUT2D eigenvalue weighted by Gasteiger charge is -2.09. The highest BCUT2D eigenvalue weighted by atomic mass is 35.5. The van der Waals surface area contributed by atoms with Gasteiger partial charge in [0.1, 0.15) is 5.75 Å². The number of nitriles is 1. The second kappa shape index (κ2) is 6.90. The molecule has 0 amide bonds. The quantitative estimate of drug-likeness (QED) is 0.728. The van der Waals surface area contributed by atoms with E-state index in [9.17, 15) is 0 Å². The number of hydrogen-bond acceptors (Lipinski definition) is 3. The van der Waals surface area contributed by atoms with Crippen LogP contribution in [0.2, 0.25) is 10.0 Å². The van der Waals surface area contributed by atoms with Crippen LogP contribution in [-0.4, -0.2) is 7.11 Å². The fourth-order valence-corrected chi connectivity index (χ4v) is 2.96. The van der Waals surface area contributed by atoms with Crippen LogP contribution in [0, 0.1) is 11.3 Å². The predicted octanol–water partition coefficient (Wildman–Crippen LogP) is 5.17. The highest BCUT2D eigenvalue weighted by Crippen LogP contribution is 2.32. The van der Waals surface area contributed by atoms with Gasteiger partial charge >= 0.3 is 0 Å². The van der Waals surface area contributed by atoms with Gasteiger partial charge in [0.2, 0.25) is 0 Å². The fraction of sp³-hybridized carbons (Fsp3) is 0.133. The molecule has 0 aliphatic heterocycles. The van der Waals surface area contributed by atoms with Crippen molar-refractivity contribution in [1.82, 2.24) is 0 Å². The monoisotopic (exact) mass is 323 g/mol. The fourth-order valence-electron chi connectivity index (χ4n) is 1.69. The van der Waals surface area contributed by atoms with Gasteiger partial charge in [-0.05, 0) is 36.4 Å². The number of rotatable bonds is 4. The Morgan fingerprint density at radius 3 is 2.60 bits per heavy atom. The third kappa shape index (κ3) is 3.61. The Kier molecular flexibility index (Phi) is 5.19. The van der Waals surface area contributed by atoms with Gasteiger partial charge in [-0.1, -0.05) is 23.2 Å².